The Morgan fingerprint density at radius 3 is 1.90 bits per heavy atom. The van der Waals surface area contributed by atoms with Gasteiger partial charge in [0, 0.05) is 6.04 Å². The largest absolute Gasteiger partial charge is 0.457 e. The van der Waals surface area contributed by atoms with Crippen molar-refractivity contribution < 1.29 is 4.74 Å². The third-order valence-electron chi connectivity index (χ3n) is 3.73. The maximum Gasteiger partial charge on any atom is 0.127 e. The van der Waals surface area contributed by atoms with Crippen LogP contribution in [0.1, 0.15) is 44.2 Å². The van der Waals surface area contributed by atoms with Gasteiger partial charge in [0.2, 0.25) is 0 Å². The molecule has 0 fully saturated rings. The zero-order valence-corrected chi connectivity index (χ0v) is 13.2. The monoisotopic (exact) mass is 283 g/mol. The standard InChI is InChI=1S/C19H25NO/c1-4-17(20)13-15-5-9-18(10-6-15)21-19-11-7-16(8-12-19)14(2)3/h5-12,14,17H,4,13,20H2,1-3H3. The van der Waals surface area contributed by atoms with E-state index in [1.54, 1.807) is 0 Å². The van der Waals surface area contributed by atoms with Crippen molar-refractivity contribution in [3.63, 3.8) is 0 Å². The van der Waals surface area contributed by atoms with Crippen LogP contribution in [0.3, 0.4) is 0 Å². The highest BCUT2D eigenvalue weighted by atomic mass is 16.5. The summed E-state index contributed by atoms with van der Waals surface area (Å²) in [5.74, 6) is 2.28. The number of ether oxygens (including phenoxy) is 1. The molecule has 2 heteroatoms. The SMILES string of the molecule is CCC(N)Cc1ccc(Oc2ccc(C(C)C)cc2)cc1. The lowest BCUT2D eigenvalue weighted by molar-refractivity contribution is 0.482. The number of nitrogens with two attached hydrogens (primary N) is 1. The number of benzene rings is 2. The minimum Gasteiger partial charge on any atom is -0.457 e. The van der Waals surface area contributed by atoms with Crippen LogP contribution in [0.25, 0.3) is 0 Å². The predicted molar refractivity (Wildman–Crippen MR) is 89.0 cm³/mol. The second-order valence-corrected chi connectivity index (χ2v) is 5.84. The van der Waals surface area contributed by atoms with E-state index in [-0.39, 0.29) is 6.04 Å². The van der Waals surface area contributed by atoms with E-state index in [1.165, 1.54) is 11.1 Å². The Kier molecular flexibility index (Phi) is 5.40. The highest BCUT2D eigenvalue weighted by molar-refractivity contribution is 5.35. The van der Waals surface area contributed by atoms with Crippen molar-refractivity contribution >= 4 is 0 Å². The Hall–Kier alpha value is -1.80. The molecule has 0 aliphatic rings. The Labute approximate surface area is 127 Å². The van der Waals surface area contributed by atoms with E-state index in [1.807, 2.05) is 24.3 Å². The molecule has 2 rings (SSSR count). The van der Waals surface area contributed by atoms with E-state index in [0.717, 1.165) is 24.3 Å². The normalized spacial score (nSPS) is 12.4. The first kappa shape index (κ1) is 15.6. The fourth-order valence-corrected chi connectivity index (χ4v) is 2.20. The molecule has 0 spiro atoms. The summed E-state index contributed by atoms with van der Waals surface area (Å²) < 4.78 is 5.87. The molecular formula is C19H25NO. The molecule has 2 aromatic rings. The molecule has 112 valence electrons. The van der Waals surface area contributed by atoms with Crippen LogP contribution in [0.4, 0.5) is 0 Å². The van der Waals surface area contributed by atoms with E-state index < -0.39 is 0 Å². The molecule has 1 atom stereocenters. The molecule has 0 radical (unpaired) electrons. The summed E-state index contributed by atoms with van der Waals surface area (Å²) in [6.45, 7) is 6.49. The number of hydrogen-bond donors (Lipinski definition) is 1. The van der Waals surface area contributed by atoms with Gasteiger partial charge in [0.25, 0.3) is 0 Å². The minimum absolute atomic E-state index is 0.236. The Balaban J connectivity index is 1.99. The summed E-state index contributed by atoms with van der Waals surface area (Å²) >= 11 is 0. The molecule has 0 aliphatic heterocycles. The highest BCUT2D eigenvalue weighted by Crippen LogP contribution is 2.24. The van der Waals surface area contributed by atoms with Gasteiger partial charge in [0.15, 0.2) is 0 Å². The minimum atomic E-state index is 0.236. The van der Waals surface area contributed by atoms with E-state index >= 15 is 0 Å². The Bertz CT molecular complexity index is 543. The number of hydrogen-bond acceptors (Lipinski definition) is 2. The topological polar surface area (TPSA) is 35.2 Å². The molecule has 1 unspecified atom stereocenters. The van der Waals surface area contributed by atoms with Crippen LogP contribution in [0.2, 0.25) is 0 Å². The molecule has 2 nitrogen and oxygen atoms in total. The van der Waals surface area contributed by atoms with Gasteiger partial charge in [-0.05, 0) is 54.2 Å². The molecule has 0 amide bonds. The molecule has 2 N–H and O–H groups in total. The summed E-state index contributed by atoms with van der Waals surface area (Å²) in [7, 11) is 0. The van der Waals surface area contributed by atoms with Gasteiger partial charge in [-0.2, -0.15) is 0 Å². The van der Waals surface area contributed by atoms with Crippen molar-refractivity contribution in [2.24, 2.45) is 5.73 Å². The summed E-state index contributed by atoms with van der Waals surface area (Å²) in [6.07, 6.45) is 1.92. The molecule has 0 saturated carbocycles. The lowest BCUT2D eigenvalue weighted by Crippen LogP contribution is -2.21. The summed E-state index contributed by atoms with van der Waals surface area (Å²) in [4.78, 5) is 0. The fraction of sp³-hybridized carbons (Fsp3) is 0.368. The zero-order valence-electron chi connectivity index (χ0n) is 13.2. The van der Waals surface area contributed by atoms with E-state index in [0.29, 0.717) is 5.92 Å². The van der Waals surface area contributed by atoms with E-state index in [2.05, 4.69) is 45.0 Å². The smallest absolute Gasteiger partial charge is 0.127 e. The third-order valence-corrected chi connectivity index (χ3v) is 3.73. The van der Waals surface area contributed by atoms with Crippen LogP contribution in [0.15, 0.2) is 48.5 Å². The van der Waals surface area contributed by atoms with Crippen LogP contribution < -0.4 is 10.5 Å². The van der Waals surface area contributed by atoms with Gasteiger partial charge >= 0.3 is 0 Å². The van der Waals surface area contributed by atoms with Crippen LogP contribution in [0, 0.1) is 0 Å². The quantitative estimate of drug-likeness (QED) is 0.819. The second-order valence-electron chi connectivity index (χ2n) is 5.84. The predicted octanol–water partition coefficient (Wildman–Crippen LogP) is 4.88. The van der Waals surface area contributed by atoms with Crippen LogP contribution in [-0.2, 0) is 6.42 Å². The van der Waals surface area contributed by atoms with Crippen LogP contribution in [0.5, 0.6) is 11.5 Å². The summed E-state index contributed by atoms with van der Waals surface area (Å²) in [6, 6.07) is 16.7. The van der Waals surface area contributed by atoms with Gasteiger partial charge in [0.05, 0.1) is 0 Å². The number of rotatable bonds is 6. The second kappa shape index (κ2) is 7.28. The maximum absolute atomic E-state index is 5.97. The Morgan fingerprint density at radius 1 is 0.905 bits per heavy atom. The highest BCUT2D eigenvalue weighted by Gasteiger charge is 2.03. The summed E-state index contributed by atoms with van der Waals surface area (Å²) in [5, 5.41) is 0. The molecule has 0 saturated heterocycles. The van der Waals surface area contributed by atoms with Crippen LogP contribution >= 0.6 is 0 Å². The summed E-state index contributed by atoms with van der Waals surface area (Å²) in [5.41, 5.74) is 8.56. The lowest BCUT2D eigenvalue weighted by Gasteiger charge is -2.11. The van der Waals surface area contributed by atoms with Crippen molar-refractivity contribution in [1.82, 2.24) is 0 Å². The first-order chi connectivity index (χ1) is 10.1. The van der Waals surface area contributed by atoms with Gasteiger partial charge in [0.1, 0.15) is 11.5 Å². The van der Waals surface area contributed by atoms with Gasteiger partial charge in [-0.15, -0.1) is 0 Å². The third kappa shape index (κ3) is 4.61. The molecule has 0 heterocycles. The Morgan fingerprint density at radius 2 is 1.43 bits per heavy atom. The van der Waals surface area contributed by atoms with Gasteiger partial charge in [-0.3, -0.25) is 0 Å². The van der Waals surface area contributed by atoms with Crippen molar-refractivity contribution in [3.05, 3.63) is 59.7 Å². The molecule has 2 aromatic carbocycles. The fourth-order valence-electron chi connectivity index (χ4n) is 2.20. The lowest BCUT2D eigenvalue weighted by atomic mass is 10.0. The molecule has 0 bridgehead atoms. The van der Waals surface area contributed by atoms with Crippen molar-refractivity contribution in [3.8, 4) is 11.5 Å². The van der Waals surface area contributed by atoms with Crippen molar-refractivity contribution in [2.75, 3.05) is 0 Å². The molecule has 0 aromatic heterocycles. The molecule has 0 aliphatic carbocycles. The first-order valence-electron chi connectivity index (χ1n) is 7.70. The molecule has 21 heavy (non-hydrogen) atoms. The average molecular weight is 283 g/mol. The van der Waals surface area contributed by atoms with Crippen LogP contribution in [-0.4, -0.2) is 6.04 Å². The maximum atomic E-state index is 5.97. The van der Waals surface area contributed by atoms with Gasteiger partial charge in [-0.25, -0.2) is 0 Å². The van der Waals surface area contributed by atoms with Gasteiger partial charge < -0.3 is 10.5 Å². The first-order valence-corrected chi connectivity index (χ1v) is 7.70. The van der Waals surface area contributed by atoms with Crippen molar-refractivity contribution in [2.45, 2.75) is 45.6 Å². The molecular weight excluding hydrogens is 258 g/mol. The van der Waals surface area contributed by atoms with Crippen molar-refractivity contribution in [1.29, 1.82) is 0 Å². The zero-order chi connectivity index (χ0) is 15.2. The van der Waals surface area contributed by atoms with E-state index in [4.69, 9.17) is 10.5 Å². The van der Waals surface area contributed by atoms with Gasteiger partial charge in [-0.1, -0.05) is 45.0 Å². The average Bonchev–Trinajstić information content (AvgIpc) is 2.49. The van der Waals surface area contributed by atoms with E-state index in [9.17, 15) is 0 Å².